The van der Waals surface area contributed by atoms with Crippen molar-refractivity contribution >= 4 is 12.1 Å². The van der Waals surface area contributed by atoms with E-state index >= 15 is 0 Å². The Balaban J connectivity index is 1.55. The van der Waals surface area contributed by atoms with Crippen molar-refractivity contribution < 1.29 is 14.3 Å². The normalized spacial score (nSPS) is 11.1. The first kappa shape index (κ1) is 21.1. The summed E-state index contributed by atoms with van der Waals surface area (Å²) in [4.78, 5) is 12.3. The molecule has 0 aliphatic carbocycles. The molecule has 3 rings (SSSR count). The first-order chi connectivity index (χ1) is 14.5. The molecular weight excluding hydrogens is 380 g/mol. The molecule has 1 heterocycles. The zero-order chi connectivity index (χ0) is 21.3. The van der Waals surface area contributed by atoms with Gasteiger partial charge in [-0.15, -0.1) is 0 Å². The van der Waals surface area contributed by atoms with E-state index in [1.807, 2.05) is 48.5 Å². The van der Waals surface area contributed by atoms with Crippen molar-refractivity contribution in [2.75, 3.05) is 13.7 Å². The number of aromatic nitrogens is 2. The Morgan fingerprint density at radius 3 is 2.50 bits per heavy atom. The van der Waals surface area contributed by atoms with Crippen LogP contribution in [0, 0.1) is 5.92 Å². The number of carbonyl (C=O) groups is 1. The van der Waals surface area contributed by atoms with E-state index in [1.165, 1.54) is 0 Å². The maximum absolute atomic E-state index is 12.3. The molecule has 1 aromatic heterocycles. The summed E-state index contributed by atoms with van der Waals surface area (Å²) in [5.41, 5.74) is 5.23. The van der Waals surface area contributed by atoms with Gasteiger partial charge in [-0.25, -0.2) is 5.43 Å². The fourth-order valence-electron chi connectivity index (χ4n) is 2.64. The van der Waals surface area contributed by atoms with E-state index < -0.39 is 0 Å². The van der Waals surface area contributed by atoms with Gasteiger partial charge in [0.2, 0.25) is 0 Å². The van der Waals surface area contributed by atoms with Crippen LogP contribution in [0.4, 0.5) is 0 Å². The summed E-state index contributed by atoms with van der Waals surface area (Å²) in [5, 5.41) is 10.9. The van der Waals surface area contributed by atoms with Gasteiger partial charge in [0.15, 0.2) is 0 Å². The van der Waals surface area contributed by atoms with Crippen LogP contribution >= 0.6 is 0 Å². The fourth-order valence-corrected chi connectivity index (χ4v) is 2.64. The molecular formula is C23H26N4O3. The molecule has 0 saturated heterocycles. The van der Waals surface area contributed by atoms with Crippen molar-refractivity contribution in [2.45, 2.75) is 20.3 Å². The maximum atomic E-state index is 12.3. The molecule has 156 valence electrons. The summed E-state index contributed by atoms with van der Waals surface area (Å²) in [6.45, 7) is 5.03. The van der Waals surface area contributed by atoms with E-state index in [2.05, 4.69) is 34.6 Å². The van der Waals surface area contributed by atoms with Crippen molar-refractivity contribution in [2.24, 2.45) is 11.0 Å². The molecule has 30 heavy (non-hydrogen) atoms. The average Bonchev–Trinajstić information content (AvgIpc) is 3.25. The van der Waals surface area contributed by atoms with E-state index in [4.69, 9.17) is 9.47 Å². The lowest BCUT2D eigenvalue weighted by Crippen LogP contribution is -2.17. The summed E-state index contributed by atoms with van der Waals surface area (Å²) < 4.78 is 10.8. The Labute approximate surface area is 176 Å². The minimum Gasteiger partial charge on any atom is -0.497 e. The number of methoxy groups -OCH3 is 1. The highest BCUT2D eigenvalue weighted by Gasteiger charge is 2.10. The van der Waals surface area contributed by atoms with Gasteiger partial charge in [0.05, 0.1) is 25.6 Å². The molecule has 2 N–H and O–H groups in total. The van der Waals surface area contributed by atoms with Crippen LogP contribution in [0.15, 0.2) is 59.7 Å². The smallest absolute Gasteiger partial charge is 0.289 e. The topological polar surface area (TPSA) is 88.6 Å². The van der Waals surface area contributed by atoms with Gasteiger partial charge >= 0.3 is 0 Å². The Hall–Kier alpha value is -3.61. The number of rotatable bonds is 9. The SMILES string of the molecule is COc1ccc(/C=N\NC(=O)c2cc(-c3ccc(OCCC(C)C)cc3)n[nH]2)cc1. The van der Waals surface area contributed by atoms with Crippen molar-refractivity contribution in [3.63, 3.8) is 0 Å². The molecule has 1 amide bonds. The highest BCUT2D eigenvalue weighted by Crippen LogP contribution is 2.21. The van der Waals surface area contributed by atoms with Gasteiger partial charge in [-0.1, -0.05) is 13.8 Å². The average molecular weight is 406 g/mol. The summed E-state index contributed by atoms with van der Waals surface area (Å²) in [5.74, 6) is 1.82. The molecule has 0 spiro atoms. The minimum absolute atomic E-state index is 0.328. The van der Waals surface area contributed by atoms with Crippen LogP contribution in [0.3, 0.4) is 0 Å². The van der Waals surface area contributed by atoms with Crippen LogP contribution in [0.1, 0.15) is 36.3 Å². The second-order valence-corrected chi connectivity index (χ2v) is 7.19. The van der Waals surface area contributed by atoms with Gasteiger partial charge in [0.1, 0.15) is 17.2 Å². The lowest BCUT2D eigenvalue weighted by atomic mass is 10.1. The van der Waals surface area contributed by atoms with Gasteiger partial charge in [-0.2, -0.15) is 10.2 Å². The van der Waals surface area contributed by atoms with Crippen LogP contribution in [0.5, 0.6) is 11.5 Å². The molecule has 3 aromatic rings. The summed E-state index contributed by atoms with van der Waals surface area (Å²) in [6.07, 6.45) is 2.58. The first-order valence-electron chi connectivity index (χ1n) is 9.81. The largest absolute Gasteiger partial charge is 0.497 e. The van der Waals surface area contributed by atoms with Crippen molar-refractivity contribution in [3.8, 4) is 22.8 Å². The van der Waals surface area contributed by atoms with Crippen molar-refractivity contribution in [1.29, 1.82) is 0 Å². The number of hydrazone groups is 1. The predicted octanol–water partition coefficient (Wildman–Crippen LogP) is 4.27. The number of aromatic amines is 1. The standard InChI is InChI=1S/C23H26N4O3/c1-16(2)12-13-30-20-10-6-18(7-11-20)21-14-22(26-25-21)23(28)27-24-15-17-4-8-19(29-3)9-5-17/h4-11,14-16H,12-13H2,1-3H3,(H,25,26)(H,27,28)/b24-15-. The van der Waals surface area contributed by atoms with E-state index in [-0.39, 0.29) is 5.91 Å². The molecule has 0 fully saturated rings. The Morgan fingerprint density at radius 1 is 1.13 bits per heavy atom. The molecule has 0 aliphatic rings. The molecule has 0 bridgehead atoms. The van der Waals surface area contributed by atoms with E-state index in [9.17, 15) is 4.79 Å². The molecule has 0 atom stereocenters. The Bertz CT molecular complexity index is 976. The molecule has 7 nitrogen and oxygen atoms in total. The number of hydrogen-bond acceptors (Lipinski definition) is 5. The van der Waals surface area contributed by atoms with Crippen molar-refractivity contribution in [3.05, 3.63) is 65.9 Å². The van der Waals surface area contributed by atoms with E-state index in [0.717, 1.165) is 29.0 Å². The van der Waals surface area contributed by atoms with Gasteiger partial charge in [-0.05, 0) is 72.5 Å². The summed E-state index contributed by atoms with van der Waals surface area (Å²) >= 11 is 0. The molecule has 0 unspecified atom stereocenters. The van der Waals surface area contributed by atoms with Gasteiger partial charge in [0.25, 0.3) is 5.91 Å². The molecule has 0 aliphatic heterocycles. The number of H-pyrrole nitrogens is 1. The molecule has 7 heteroatoms. The number of nitrogens with zero attached hydrogens (tertiary/aromatic N) is 2. The summed E-state index contributed by atoms with van der Waals surface area (Å²) in [6, 6.07) is 16.7. The molecule has 0 radical (unpaired) electrons. The van der Waals surface area contributed by atoms with Gasteiger partial charge in [0, 0.05) is 5.56 Å². The van der Waals surface area contributed by atoms with Crippen LogP contribution in [-0.4, -0.2) is 36.0 Å². The maximum Gasteiger partial charge on any atom is 0.289 e. The zero-order valence-electron chi connectivity index (χ0n) is 17.4. The highest BCUT2D eigenvalue weighted by molar-refractivity contribution is 5.94. The third-order valence-electron chi connectivity index (χ3n) is 4.43. The highest BCUT2D eigenvalue weighted by atomic mass is 16.5. The number of amides is 1. The minimum atomic E-state index is -0.368. The number of hydrogen-bond donors (Lipinski definition) is 2. The predicted molar refractivity (Wildman–Crippen MR) is 117 cm³/mol. The second kappa shape index (κ2) is 10.2. The fraction of sp³-hybridized carbons (Fsp3) is 0.261. The van der Waals surface area contributed by atoms with Crippen molar-refractivity contribution in [1.82, 2.24) is 15.6 Å². The third-order valence-corrected chi connectivity index (χ3v) is 4.43. The van der Waals surface area contributed by atoms with Gasteiger partial charge < -0.3 is 9.47 Å². The van der Waals surface area contributed by atoms with Gasteiger partial charge in [-0.3, -0.25) is 9.89 Å². The second-order valence-electron chi connectivity index (χ2n) is 7.19. The monoisotopic (exact) mass is 406 g/mol. The first-order valence-corrected chi connectivity index (χ1v) is 9.81. The molecule has 2 aromatic carbocycles. The number of carbonyl (C=O) groups excluding carboxylic acids is 1. The number of ether oxygens (including phenoxy) is 2. The van der Waals surface area contributed by atoms with E-state index in [1.54, 1.807) is 19.4 Å². The number of benzene rings is 2. The lowest BCUT2D eigenvalue weighted by Gasteiger charge is -2.08. The zero-order valence-corrected chi connectivity index (χ0v) is 17.4. The summed E-state index contributed by atoms with van der Waals surface area (Å²) in [7, 11) is 1.61. The number of nitrogens with one attached hydrogen (secondary N) is 2. The van der Waals surface area contributed by atoms with E-state index in [0.29, 0.717) is 23.9 Å². The lowest BCUT2D eigenvalue weighted by molar-refractivity contribution is 0.0950. The Morgan fingerprint density at radius 2 is 1.83 bits per heavy atom. The molecule has 0 saturated carbocycles. The van der Waals surface area contributed by atoms with Crippen LogP contribution in [-0.2, 0) is 0 Å². The Kier molecular flexibility index (Phi) is 7.21. The van der Waals surface area contributed by atoms with Crippen LogP contribution in [0.2, 0.25) is 0 Å². The van der Waals surface area contributed by atoms with Crippen LogP contribution < -0.4 is 14.9 Å². The van der Waals surface area contributed by atoms with Crippen LogP contribution in [0.25, 0.3) is 11.3 Å². The third kappa shape index (κ3) is 5.94. The quantitative estimate of drug-likeness (QED) is 0.410.